The smallest absolute Gasteiger partial charge is 0.305 e. The van der Waals surface area contributed by atoms with Crippen LogP contribution in [0.2, 0.25) is 0 Å². The molecule has 1 atom stereocenters. The fraction of sp³-hybridized carbons (Fsp3) is 0.800. The van der Waals surface area contributed by atoms with Crippen molar-refractivity contribution in [2.75, 3.05) is 20.1 Å². The van der Waals surface area contributed by atoms with Crippen LogP contribution in [0.15, 0.2) is 0 Å². The predicted molar refractivity (Wildman–Crippen MR) is 55.5 cm³/mol. The molecule has 0 bridgehead atoms. The molecule has 1 amide bonds. The normalized spacial score (nSPS) is 21.0. The third-order valence-electron chi connectivity index (χ3n) is 2.65. The van der Waals surface area contributed by atoms with Crippen molar-refractivity contribution in [3.8, 4) is 0 Å². The van der Waals surface area contributed by atoms with Crippen LogP contribution in [0.5, 0.6) is 0 Å². The Bertz CT molecular complexity index is 237. The Labute approximate surface area is 89.4 Å². The summed E-state index contributed by atoms with van der Waals surface area (Å²) in [5.74, 6) is -0.859. The monoisotopic (exact) mass is 214 g/mol. The van der Waals surface area contributed by atoms with Gasteiger partial charge in [-0.15, -0.1) is 0 Å². The fourth-order valence-corrected chi connectivity index (χ4v) is 1.70. The molecule has 0 aliphatic carbocycles. The summed E-state index contributed by atoms with van der Waals surface area (Å²) in [5, 5.41) is 11.6. The Morgan fingerprint density at radius 2 is 2.20 bits per heavy atom. The number of carboxylic acid groups (broad SMARTS) is 1. The molecule has 86 valence electrons. The standard InChI is InChI=1S/C10H18N2O3/c1-12(7-5-9(13)14)10(15)8-4-2-3-6-11-8/h8,11H,2-7H2,1H3,(H,13,14). The maximum Gasteiger partial charge on any atom is 0.305 e. The highest BCUT2D eigenvalue weighted by atomic mass is 16.4. The number of rotatable bonds is 4. The van der Waals surface area contributed by atoms with Crippen molar-refractivity contribution in [3.63, 3.8) is 0 Å². The molecule has 1 unspecified atom stereocenters. The van der Waals surface area contributed by atoms with Crippen LogP contribution < -0.4 is 5.32 Å². The molecule has 5 heteroatoms. The lowest BCUT2D eigenvalue weighted by atomic mass is 10.0. The van der Waals surface area contributed by atoms with Crippen LogP contribution in [0.3, 0.4) is 0 Å². The second kappa shape index (κ2) is 5.70. The fourth-order valence-electron chi connectivity index (χ4n) is 1.70. The molecule has 1 saturated heterocycles. The van der Waals surface area contributed by atoms with Crippen molar-refractivity contribution in [3.05, 3.63) is 0 Å². The van der Waals surface area contributed by atoms with Crippen LogP contribution in [0.1, 0.15) is 25.7 Å². The highest BCUT2D eigenvalue weighted by Gasteiger charge is 2.23. The largest absolute Gasteiger partial charge is 0.481 e. The number of carbonyl (C=O) groups excluding carboxylic acids is 1. The number of carboxylic acids is 1. The summed E-state index contributed by atoms with van der Waals surface area (Å²) in [4.78, 5) is 23.6. The van der Waals surface area contributed by atoms with Crippen LogP contribution in [0.4, 0.5) is 0 Å². The molecule has 1 aliphatic heterocycles. The number of likely N-dealkylation sites (N-methyl/N-ethyl adjacent to an activating group) is 1. The third-order valence-corrected chi connectivity index (χ3v) is 2.65. The van der Waals surface area contributed by atoms with Gasteiger partial charge in [-0.2, -0.15) is 0 Å². The average molecular weight is 214 g/mol. The van der Waals surface area contributed by atoms with Crippen molar-refractivity contribution in [1.82, 2.24) is 10.2 Å². The molecule has 15 heavy (non-hydrogen) atoms. The van der Waals surface area contributed by atoms with E-state index in [1.54, 1.807) is 7.05 Å². The Kier molecular flexibility index (Phi) is 4.55. The zero-order valence-corrected chi connectivity index (χ0v) is 9.03. The van der Waals surface area contributed by atoms with E-state index >= 15 is 0 Å². The predicted octanol–water partition coefficient (Wildman–Crippen LogP) is 0.0616. The molecular weight excluding hydrogens is 196 g/mol. The Morgan fingerprint density at radius 3 is 2.73 bits per heavy atom. The molecule has 0 saturated carbocycles. The molecule has 0 aromatic carbocycles. The topological polar surface area (TPSA) is 69.6 Å². The van der Waals surface area contributed by atoms with Gasteiger partial charge in [0.2, 0.25) is 5.91 Å². The first kappa shape index (κ1) is 12.0. The van der Waals surface area contributed by atoms with E-state index in [9.17, 15) is 9.59 Å². The highest BCUT2D eigenvalue weighted by Crippen LogP contribution is 2.09. The molecule has 0 aromatic heterocycles. The lowest BCUT2D eigenvalue weighted by Crippen LogP contribution is -2.47. The number of hydrogen-bond acceptors (Lipinski definition) is 3. The first-order valence-electron chi connectivity index (χ1n) is 5.31. The second-order valence-electron chi connectivity index (χ2n) is 3.91. The van der Waals surface area contributed by atoms with E-state index in [-0.39, 0.29) is 24.9 Å². The summed E-state index contributed by atoms with van der Waals surface area (Å²) < 4.78 is 0. The maximum atomic E-state index is 11.8. The number of hydrogen-bond donors (Lipinski definition) is 2. The number of nitrogens with one attached hydrogen (secondary N) is 1. The Balaban J connectivity index is 2.33. The number of piperidine rings is 1. The summed E-state index contributed by atoms with van der Waals surface area (Å²) in [6.07, 6.45) is 3.05. The van der Waals surface area contributed by atoms with E-state index in [1.165, 1.54) is 4.90 Å². The van der Waals surface area contributed by atoms with E-state index in [0.29, 0.717) is 0 Å². The molecule has 1 rings (SSSR count). The lowest BCUT2D eigenvalue weighted by Gasteiger charge is -2.27. The van der Waals surface area contributed by atoms with Crippen molar-refractivity contribution < 1.29 is 14.7 Å². The van der Waals surface area contributed by atoms with E-state index in [4.69, 9.17) is 5.11 Å². The summed E-state index contributed by atoms with van der Waals surface area (Å²) in [6, 6.07) is -0.113. The van der Waals surface area contributed by atoms with Gasteiger partial charge in [0.15, 0.2) is 0 Å². The molecule has 1 fully saturated rings. The molecule has 1 heterocycles. The zero-order valence-electron chi connectivity index (χ0n) is 9.03. The minimum Gasteiger partial charge on any atom is -0.481 e. The number of nitrogens with zero attached hydrogens (tertiary/aromatic N) is 1. The van der Waals surface area contributed by atoms with Gasteiger partial charge in [-0.1, -0.05) is 6.42 Å². The summed E-state index contributed by atoms with van der Waals surface area (Å²) in [5.41, 5.74) is 0. The zero-order chi connectivity index (χ0) is 11.3. The second-order valence-corrected chi connectivity index (χ2v) is 3.91. The Hall–Kier alpha value is -1.10. The third kappa shape index (κ3) is 3.87. The van der Waals surface area contributed by atoms with E-state index in [2.05, 4.69) is 5.32 Å². The maximum absolute atomic E-state index is 11.8. The first-order valence-corrected chi connectivity index (χ1v) is 5.31. The SMILES string of the molecule is CN(CCC(=O)O)C(=O)C1CCCCN1. The molecule has 5 nitrogen and oxygen atoms in total. The highest BCUT2D eigenvalue weighted by molar-refractivity contribution is 5.82. The van der Waals surface area contributed by atoms with Crippen molar-refractivity contribution in [2.24, 2.45) is 0 Å². The van der Waals surface area contributed by atoms with Gasteiger partial charge in [0, 0.05) is 13.6 Å². The van der Waals surface area contributed by atoms with Gasteiger partial charge in [-0.3, -0.25) is 9.59 Å². The molecular formula is C10H18N2O3. The van der Waals surface area contributed by atoms with Gasteiger partial charge in [0.25, 0.3) is 0 Å². The van der Waals surface area contributed by atoms with Gasteiger partial charge in [0.1, 0.15) is 0 Å². The van der Waals surface area contributed by atoms with Gasteiger partial charge in [-0.05, 0) is 19.4 Å². The minimum absolute atomic E-state index is 0.00889. The van der Waals surface area contributed by atoms with Crippen molar-refractivity contribution in [2.45, 2.75) is 31.7 Å². The van der Waals surface area contributed by atoms with E-state index in [1.807, 2.05) is 0 Å². The Morgan fingerprint density at radius 1 is 1.47 bits per heavy atom. The van der Waals surface area contributed by atoms with Crippen LogP contribution >= 0.6 is 0 Å². The average Bonchev–Trinajstić information content (AvgIpc) is 2.26. The molecule has 2 N–H and O–H groups in total. The van der Waals surface area contributed by atoms with Gasteiger partial charge >= 0.3 is 5.97 Å². The van der Waals surface area contributed by atoms with E-state index in [0.717, 1.165) is 25.8 Å². The molecule has 1 aliphatic rings. The molecule has 0 aromatic rings. The lowest BCUT2D eigenvalue weighted by molar-refractivity contribution is -0.138. The van der Waals surface area contributed by atoms with Crippen LogP contribution in [0, 0.1) is 0 Å². The van der Waals surface area contributed by atoms with E-state index < -0.39 is 5.97 Å². The van der Waals surface area contributed by atoms with Gasteiger partial charge in [0.05, 0.1) is 12.5 Å². The summed E-state index contributed by atoms with van der Waals surface area (Å²) >= 11 is 0. The van der Waals surface area contributed by atoms with Crippen molar-refractivity contribution in [1.29, 1.82) is 0 Å². The summed E-state index contributed by atoms with van der Waals surface area (Å²) in [6.45, 7) is 1.16. The summed E-state index contributed by atoms with van der Waals surface area (Å²) in [7, 11) is 1.65. The number of aliphatic carboxylic acids is 1. The minimum atomic E-state index is -0.869. The van der Waals surface area contributed by atoms with Gasteiger partial charge in [-0.25, -0.2) is 0 Å². The van der Waals surface area contributed by atoms with Crippen LogP contribution in [0.25, 0.3) is 0 Å². The van der Waals surface area contributed by atoms with Crippen LogP contribution in [-0.4, -0.2) is 48.1 Å². The quantitative estimate of drug-likeness (QED) is 0.694. The molecule has 0 radical (unpaired) electrons. The van der Waals surface area contributed by atoms with Crippen molar-refractivity contribution >= 4 is 11.9 Å². The number of amides is 1. The van der Waals surface area contributed by atoms with Crippen LogP contribution in [-0.2, 0) is 9.59 Å². The number of carbonyl (C=O) groups is 2. The van der Waals surface area contributed by atoms with Gasteiger partial charge < -0.3 is 15.3 Å². The first-order chi connectivity index (χ1) is 7.11. The molecule has 0 spiro atoms.